The monoisotopic (exact) mass is 425 g/mol. The number of aryl methyl sites for hydroxylation is 2. The van der Waals surface area contributed by atoms with Crippen molar-refractivity contribution in [3.05, 3.63) is 58.6 Å². The first-order valence-corrected chi connectivity index (χ1v) is 9.97. The highest BCUT2D eigenvalue weighted by Gasteiger charge is 2.55. The van der Waals surface area contributed by atoms with Crippen LogP contribution in [0.4, 0.5) is 11.4 Å². The molecule has 8 nitrogen and oxygen atoms in total. The molecule has 0 aromatic heterocycles. The first-order valence-electron chi connectivity index (χ1n) is 9.59. The minimum Gasteiger partial charge on any atom is -0.324 e. The first kappa shape index (κ1) is 20.0. The van der Waals surface area contributed by atoms with Crippen molar-refractivity contribution in [3.63, 3.8) is 0 Å². The number of nitrogens with one attached hydrogen (secondary N) is 1. The smallest absolute Gasteiger partial charge is 0.263 e. The number of imide groups is 1. The van der Waals surface area contributed by atoms with Crippen molar-refractivity contribution < 1.29 is 14.4 Å². The molecule has 0 spiro atoms. The zero-order chi connectivity index (χ0) is 21.4. The highest BCUT2D eigenvalue weighted by Crippen LogP contribution is 2.32. The number of carbonyl (C=O) groups is 3. The van der Waals surface area contributed by atoms with Crippen molar-refractivity contribution in [1.82, 2.24) is 5.01 Å². The maximum absolute atomic E-state index is 13.0. The van der Waals surface area contributed by atoms with Crippen molar-refractivity contribution in [2.45, 2.75) is 32.4 Å². The summed E-state index contributed by atoms with van der Waals surface area (Å²) < 4.78 is 0. The molecule has 30 heavy (non-hydrogen) atoms. The Kier molecular flexibility index (Phi) is 5.26. The standard InChI is InChI=1S/C21H20ClN5O3/c1-3-13-5-8-15(9-6-13)27-20(29)18-19(21(27)30)26(25-24-18)11-17(28)23-16-10-14(22)7-4-12(16)2/h4-10,18-19H,3,11H2,1-2H3,(H,23,28). The molecule has 0 bridgehead atoms. The molecule has 0 radical (unpaired) electrons. The van der Waals surface area contributed by atoms with Crippen LogP contribution in [0.1, 0.15) is 18.1 Å². The van der Waals surface area contributed by atoms with E-state index in [2.05, 4.69) is 15.7 Å². The third kappa shape index (κ3) is 3.54. The molecule has 2 aliphatic heterocycles. The molecular weight excluding hydrogens is 406 g/mol. The van der Waals surface area contributed by atoms with Gasteiger partial charge in [0.05, 0.1) is 5.69 Å². The van der Waals surface area contributed by atoms with E-state index in [4.69, 9.17) is 11.6 Å². The molecule has 1 saturated heterocycles. The van der Waals surface area contributed by atoms with Gasteiger partial charge in [-0.2, -0.15) is 5.11 Å². The van der Waals surface area contributed by atoms with Crippen molar-refractivity contribution in [2.75, 3.05) is 16.8 Å². The van der Waals surface area contributed by atoms with Crippen LogP contribution in [0.5, 0.6) is 0 Å². The maximum Gasteiger partial charge on any atom is 0.263 e. The fraction of sp³-hybridized carbons (Fsp3) is 0.286. The average molecular weight is 426 g/mol. The second-order valence-electron chi connectivity index (χ2n) is 7.23. The maximum atomic E-state index is 13.0. The Balaban J connectivity index is 1.49. The molecule has 4 rings (SSSR count). The number of nitrogens with zero attached hydrogens (tertiary/aromatic N) is 4. The normalized spacial score (nSPS) is 20.1. The summed E-state index contributed by atoms with van der Waals surface area (Å²) in [4.78, 5) is 39.4. The molecule has 1 N–H and O–H groups in total. The molecule has 154 valence electrons. The minimum atomic E-state index is -0.941. The lowest BCUT2D eigenvalue weighted by Gasteiger charge is -2.20. The van der Waals surface area contributed by atoms with E-state index in [-0.39, 0.29) is 12.5 Å². The molecule has 0 saturated carbocycles. The van der Waals surface area contributed by atoms with Crippen LogP contribution in [-0.4, -0.2) is 41.4 Å². The van der Waals surface area contributed by atoms with Crippen LogP contribution in [0.3, 0.4) is 0 Å². The molecule has 1 fully saturated rings. The molecule has 2 aliphatic rings. The Morgan fingerprint density at radius 3 is 2.57 bits per heavy atom. The van der Waals surface area contributed by atoms with Crippen molar-refractivity contribution in [1.29, 1.82) is 0 Å². The van der Waals surface area contributed by atoms with E-state index in [1.807, 2.05) is 26.0 Å². The van der Waals surface area contributed by atoms with Crippen LogP contribution >= 0.6 is 11.6 Å². The second-order valence-corrected chi connectivity index (χ2v) is 7.67. The van der Waals surface area contributed by atoms with Crippen LogP contribution in [0.15, 0.2) is 52.8 Å². The van der Waals surface area contributed by atoms with Gasteiger partial charge in [0.15, 0.2) is 12.1 Å². The molecule has 2 atom stereocenters. The summed E-state index contributed by atoms with van der Waals surface area (Å²) in [6, 6.07) is 10.6. The average Bonchev–Trinajstić information content (AvgIpc) is 3.24. The van der Waals surface area contributed by atoms with Gasteiger partial charge in [-0.1, -0.05) is 41.9 Å². The van der Waals surface area contributed by atoms with Crippen molar-refractivity contribution >= 4 is 40.7 Å². The van der Waals surface area contributed by atoms with E-state index in [0.717, 1.165) is 22.4 Å². The molecular formula is C21H20ClN5O3. The summed E-state index contributed by atoms with van der Waals surface area (Å²) in [5, 5.41) is 12.4. The van der Waals surface area contributed by atoms with E-state index >= 15 is 0 Å². The Labute approximate surface area is 178 Å². The van der Waals surface area contributed by atoms with E-state index in [0.29, 0.717) is 16.4 Å². The summed E-state index contributed by atoms with van der Waals surface area (Å²) in [5.41, 5.74) is 3.02. The lowest BCUT2D eigenvalue weighted by molar-refractivity contribution is -0.123. The van der Waals surface area contributed by atoms with Crippen molar-refractivity contribution in [2.24, 2.45) is 10.3 Å². The summed E-state index contributed by atoms with van der Waals surface area (Å²) in [6.07, 6.45) is 0.858. The Morgan fingerprint density at radius 2 is 1.87 bits per heavy atom. The molecule has 9 heteroatoms. The molecule has 2 heterocycles. The van der Waals surface area contributed by atoms with Gasteiger partial charge in [0.25, 0.3) is 11.8 Å². The third-order valence-electron chi connectivity index (χ3n) is 5.24. The number of hydrogen-bond donors (Lipinski definition) is 1. The van der Waals surface area contributed by atoms with E-state index in [9.17, 15) is 14.4 Å². The van der Waals surface area contributed by atoms with Crippen LogP contribution in [-0.2, 0) is 20.8 Å². The predicted molar refractivity (Wildman–Crippen MR) is 112 cm³/mol. The summed E-state index contributed by atoms with van der Waals surface area (Å²) >= 11 is 5.99. The molecule has 2 aromatic rings. The zero-order valence-electron chi connectivity index (χ0n) is 16.5. The van der Waals surface area contributed by atoms with Gasteiger partial charge in [-0.25, -0.2) is 4.90 Å². The quantitative estimate of drug-likeness (QED) is 0.744. The van der Waals surface area contributed by atoms with Gasteiger partial charge in [0.2, 0.25) is 5.91 Å². The number of fused-ring (bicyclic) bond motifs is 1. The van der Waals surface area contributed by atoms with Crippen LogP contribution in [0, 0.1) is 6.92 Å². The van der Waals surface area contributed by atoms with Crippen LogP contribution in [0.2, 0.25) is 5.02 Å². The third-order valence-corrected chi connectivity index (χ3v) is 5.48. The zero-order valence-corrected chi connectivity index (χ0v) is 17.3. The van der Waals surface area contributed by atoms with Crippen LogP contribution in [0.25, 0.3) is 0 Å². The number of carbonyl (C=O) groups excluding carboxylic acids is 3. The van der Waals surface area contributed by atoms with E-state index in [1.54, 1.807) is 30.3 Å². The summed E-state index contributed by atoms with van der Waals surface area (Å²) in [6.45, 7) is 3.66. The number of benzene rings is 2. The lowest BCUT2D eigenvalue weighted by atomic mass is 10.1. The largest absolute Gasteiger partial charge is 0.324 e. The molecule has 2 unspecified atom stereocenters. The van der Waals surface area contributed by atoms with Crippen LogP contribution < -0.4 is 10.2 Å². The highest BCUT2D eigenvalue weighted by atomic mass is 35.5. The van der Waals surface area contributed by atoms with Gasteiger partial charge >= 0.3 is 0 Å². The van der Waals surface area contributed by atoms with Gasteiger partial charge in [-0.15, -0.1) is 0 Å². The second kappa shape index (κ2) is 7.87. The topological polar surface area (TPSA) is 94.4 Å². The molecule has 3 amide bonds. The highest BCUT2D eigenvalue weighted by molar-refractivity contribution is 6.31. The predicted octanol–water partition coefficient (Wildman–Crippen LogP) is 3.14. The summed E-state index contributed by atoms with van der Waals surface area (Å²) in [7, 11) is 0. The molecule has 0 aliphatic carbocycles. The Bertz CT molecular complexity index is 1050. The summed E-state index contributed by atoms with van der Waals surface area (Å²) in [5.74, 6) is -1.26. The van der Waals surface area contributed by atoms with Gasteiger partial charge < -0.3 is 5.32 Å². The first-order chi connectivity index (χ1) is 14.4. The number of halogens is 1. The molecule has 2 aromatic carbocycles. The minimum absolute atomic E-state index is 0.210. The number of rotatable bonds is 5. The van der Waals surface area contributed by atoms with Crippen molar-refractivity contribution in [3.8, 4) is 0 Å². The number of amides is 3. The lowest BCUT2D eigenvalue weighted by Crippen LogP contribution is -2.43. The Hall–Kier alpha value is -3.26. The van der Waals surface area contributed by atoms with Gasteiger partial charge in [0.1, 0.15) is 6.54 Å². The van der Waals surface area contributed by atoms with Gasteiger partial charge in [0, 0.05) is 10.7 Å². The Morgan fingerprint density at radius 1 is 1.13 bits per heavy atom. The van der Waals surface area contributed by atoms with E-state index < -0.39 is 23.9 Å². The fourth-order valence-corrected chi connectivity index (χ4v) is 3.73. The van der Waals surface area contributed by atoms with Gasteiger partial charge in [-0.3, -0.25) is 19.4 Å². The number of anilines is 2. The van der Waals surface area contributed by atoms with E-state index in [1.165, 1.54) is 5.01 Å². The fourth-order valence-electron chi connectivity index (χ4n) is 3.55. The SMILES string of the molecule is CCc1ccc(N2C(=O)C3N=NN(CC(=O)Nc4cc(Cl)ccc4C)C3C2=O)cc1. The van der Waals surface area contributed by atoms with Gasteiger partial charge in [-0.05, 0) is 48.7 Å². The number of hydrogen-bond acceptors (Lipinski definition) is 6.